The molecule has 0 N–H and O–H groups in total. The molecule has 0 radical (unpaired) electrons. The zero-order valence-corrected chi connectivity index (χ0v) is 11.2. The minimum absolute atomic E-state index is 0.411. The van der Waals surface area contributed by atoms with Gasteiger partial charge in [0.1, 0.15) is 0 Å². The van der Waals surface area contributed by atoms with Crippen LogP contribution in [0.3, 0.4) is 0 Å². The van der Waals surface area contributed by atoms with E-state index in [2.05, 4.69) is 79.4 Å². The maximum atomic E-state index is 2.47. The molecule has 2 aromatic carbocycles. The van der Waals surface area contributed by atoms with Crippen LogP contribution in [0.15, 0.2) is 60.7 Å². The van der Waals surface area contributed by atoms with Gasteiger partial charge in [-0.1, -0.05) is 55.5 Å². The van der Waals surface area contributed by atoms with Crippen molar-refractivity contribution >= 4 is 5.69 Å². The smallest absolute Gasteiger partial charge is 0.0514 e. The van der Waals surface area contributed by atoms with E-state index >= 15 is 0 Å². The molecule has 2 rings (SSSR count). The molecule has 18 heavy (non-hydrogen) atoms. The van der Waals surface area contributed by atoms with E-state index in [-0.39, 0.29) is 0 Å². The topological polar surface area (TPSA) is 3.24 Å². The number of rotatable bonds is 5. The van der Waals surface area contributed by atoms with Gasteiger partial charge in [-0.25, -0.2) is 0 Å². The lowest BCUT2D eigenvalue weighted by molar-refractivity contribution is 0.659. The second-order valence-electron chi connectivity index (χ2n) is 4.62. The van der Waals surface area contributed by atoms with Crippen molar-refractivity contribution in [2.24, 2.45) is 0 Å². The fourth-order valence-electron chi connectivity index (χ4n) is 2.32. The molecule has 0 saturated carbocycles. The number of nitrogens with zero attached hydrogens (tertiary/aromatic N) is 1. The average Bonchev–Trinajstić information content (AvgIpc) is 2.46. The number of benzene rings is 2. The first-order chi connectivity index (χ1) is 8.83. The summed E-state index contributed by atoms with van der Waals surface area (Å²) in [4.78, 5) is 2.47. The molecular formula is C17H21N. The van der Waals surface area contributed by atoms with Gasteiger partial charge in [0, 0.05) is 12.2 Å². The first-order valence-electron chi connectivity index (χ1n) is 6.69. The second kappa shape index (κ2) is 6.25. The van der Waals surface area contributed by atoms with Crippen LogP contribution in [0.5, 0.6) is 0 Å². The van der Waals surface area contributed by atoms with Gasteiger partial charge >= 0.3 is 0 Å². The first kappa shape index (κ1) is 12.7. The van der Waals surface area contributed by atoms with Crippen molar-refractivity contribution < 1.29 is 0 Å². The zero-order valence-electron chi connectivity index (χ0n) is 11.2. The molecule has 0 aliphatic heterocycles. The SMILES string of the molecule is CCCN(c1ccccc1)C(C)c1ccccc1. The molecule has 1 heteroatoms. The zero-order chi connectivity index (χ0) is 12.8. The highest BCUT2D eigenvalue weighted by molar-refractivity contribution is 5.48. The molecular weight excluding hydrogens is 218 g/mol. The van der Waals surface area contributed by atoms with Crippen LogP contribution in [-0.4, -0.2) is 6.54 Å². The third kappa shape index (κ3) is 2.92. The lowest BCUT2D eigenvalue weighted by atomic mass is 10.1. The van der Waals surface area contributed by atoms with Crippen molar-refractivity contribution in [3.8, 4) is 0 Å². The van der Waals surface area contributed by atoms with Crippen molar-refractivity contribution in [2.45, 2.75) is 26.3 Å². The predicted octanol–water partition coefficient (Wildman–Crippen LogP) is 4.66. The molecule has 1 atom stereocenters. The molecule has 0 aliphatic rings. The summed E-state index contributed by atoms with van der Waals surface area (Å²) in [5.74, 6) is 0. The van der Waals surface area contributed by atoms with E-state index in [1.165, 1.54) is 11.3 Å². The molecule has 1 unspecified atom stereocenters. The quantitative estimate of drug-likeness (QED) is 0.733. The molecule has 0 fully saturated rings. The van der Waals surface area contributed by atoms with Gasteiger partial charge in [-0.05, 0) is 31.0 Å². The van der Waals surface area contributed by atoms with Gasteiger partial charge < -0.3 is 4.90 Å². The van der Waals surface area contributed by atoms with E-state index in [9.17, 15) is 0 Å². The summed E-state index contributed by atoms with van der Waals surface area (Å²) in [7, 11) is 0. The monoisotopic (exact) mass is 239 g/mol. The van der Waals surface area contributed by atoms with Gasteiger partial charge in [-0.3, -0.25) is 0 Å². The molecule has 2 aromatic rings. The third-order valence-corrected chi connectivity index (χ3v) is 3.30. The maximum Gasteiger partial charge on any atom is 0.0514 e. The summed E-state index contributed by atoms with van der Waals surface area (Å²) in [6.07, 6.45) is 1.16. The Kier molecular flexibility index (Phi) is 4.40. The van der Waals surface area contributed by atoms with E-state index in [1.807, 2.05) is 0 Å². The van der Waals surface area contributed by atoms with Crippen LogP contribution >= 0.6 is 0 Å². The lowest BCUT2D eigenvalue weighted by Gasteiger charge is -2.31. The summed E-state index contributed by atoms with van der Waals surface area (Å²) in [5.41, 5.74) is 2.67. The van der Waals surface area contributed by atoms with Gasteiger partial charge in [-0.2, -0.15) is 0 Å². The minimum atomic E-state index is 0.411. The standard InChI is InChI=1S/C17H21N/c1-3-14-18(17-12-8-5-9-13-17)15(2)16-10-6-4-7-11-16/h4-13,15H,3,14H2,1-2H3. The van der Waals surface area contributed by atoms with E-state index in [1.54, 1.807) is 0 Å². The van der Waals surface area contributed by atoms with Crippen LogP contribution in [0, 0.1) is 0 Å². The van der Waals surface area contributed by atoms with Crippen molar-refractivity contribution in [2.75, 3.05) is 11.4 Å². The van der Waals surface area contributed by atoms with Crippen molar-refractivity contribution in [3.05, 3.63) is 66.2 Å². The summed E-state index contributed by atoms with van der Waals surface area (Å²) in [6, 6.07) is 21.8. The van der Waals surface area contributed by atoms with E-state index in [4.69, 9.17) is 0 Å². The highest BCUT2D eigenvalue weighted by atomic mass is 15.2. The van der Waals surface area contributed by atoms with Crippen LogP contribution < -0.4 is 4.90 Å². The van der Waals surface area contributed by atoms with E-state index < -0.39 is 0 Å². The lowest BCUT2D eigenvalue weighted by Crippen LogP contribution is -2.27. The van der Waals surface area contributed by atoms with Crippen molar-refractivity contribution in [1.29, 1.82) is 0 Å². The van der Waals surface area contributed by atoms with Crippen LogP contribution in [-0.2, 0) is 0 Å². The fourth-order valence-corrected chi connectivity index (χ4v) is 2.32. The maximum absolute atomic E-state index is 2.47. The summed E-state index contributed by atoms with van der Waals surface area (Å²) in [6.45, 7) is 5.59. The minimum Gasteiger partial charge on any atom is -0.365 e. The number of anilines is 1. The molecule has 0 amide bonds. The molecule has 0 heterocycles. The van der Waals surface area contributed by atoms with Crippen LogP contribution in [0.4, 0.5) is 5.69 Å². The normalized spacial score (nSPS) is 12.1. The van der Waals surface area contributed by atoms with Gasteiger partial charge in [-0.15, -0.1) is 0 Å². The second-order valence-corrected chi connectivity index (χ2v) is 4.62. The number of hydrogen-bond donors (Lipinski definition) is 0. The Bertz CT molecular complexity index is 450. The van der Waals surface area contributed by atoms with E-state index in [0.29, 0.717) is 6.04 Å². The van der Waals surface area contributed by atoms with Crippen LogP contribution in [0.2, 0.25) is 0 Å². The highest BCUT2D eigenvalue weighted by Crippen LogP contribution is 2.26. The Morgan fingerprint density at radius 2 is 1.44 bits per heavy atom. The summed E-state index contributed by atoms with van der Waals surface area (Å²) in [5, 5.41) is 0. The van der Waals surface area contributed by atoms with Gasteiger partial charge in [0.2, 0.25) is 0 Å². The Hall–Kier alpha value is -1.76. The fraction of sp³-hybridized carbons (Fsp3) is 0.294. The third-order valence-electron chi connectivity index (χ3n) is 3.30. The first-order valence-corrected chi connectivity index (χ1v) is 6.69. The summed E-state index contributed by atoms with van der Waals surface area (Å²) >= 11 is 0. The van der Waals surface area contributed by atoms with Gasteiger partial charge in [0.25, 0.3) is 0 Å². The molecule has 0 bridgehead atoms. The molecule has 0 spiro atoms. The molecule has 0 aromatic heterocycles. The average molecular weight is 239 g/mol. The molecule has 1 nitrogen and oxygen atoms in total. The molecule has 94 valence electrons. The Morgan fingerprint density at radius 3 is 2.00 bits per heavy atom. The summed E-state index contributed by atoms with van der Waals surface area (Å²) < 4.78 is 0. The number of para-hydroxylation sites is 1. The van der Waals surface area contributed by atoms with Crippen molar-refractivity contribution in [1.82, 2.24) is 0 Å². The van der Waals surface area contributed by atoms with Crippen molar-refractivity contribution in [3.63, 3.8) is 0 Å². The Balaban J connectivity index is 2.26. The Labute approximate surface area is 110 Å². The Morgan fingerprint density at radius 1 is 0.889 bits per heavy atom. The van der Waals surface area contributed by atoms with E-state index in [0.717, 1.165) is 13.0 Å². The van der Waals surface area contributed by atoms with Gasteiger partial charge in [0.15, 0.2) is 0 Å². The number of hydrogen-bond acceptors (Lipinski definition) is 1. The predicted molar refractivity (Wildman–Crippen MR) is 78.9 cm³/mol. The largest absolute Gasteiger partial charge is 0.365 e. The van der Waals surface area contributed by atoms with Gasteiger partial charge in [0.05, 0.1) is 6.04 Å². The van der Waals surface area contributed by atoms with Crippen LogP contribution in [0.25, 0.3) is 0 Å². The van der Waals surface area contributed by atoms with Crippen LogP contribution in [0.1, 0.15) is 31.9 Å². The molecule has 0 aliphatic carbocycles. The molecule has 0 saturated heterocycles. The highest BCUT2D eigenvalue weighted by Gasteiger charge is 2.14.